The van der Waals surface area contributed by atoms with Crippen molar-refractivity contribution in [3.63, 3.8) is 0 Å². The van der Waals surface area contributed by atoms with Gasteiger partial charge in [0.05, 0.1) is 23.1 Å². The van der Waals surface area contributed by atoms with E-state index < -0.39 is 0 Å². The van der Waals surface area contributed by atoms with Gasteiger partial charge in [-0.05, 0) is 54.1 Å². The van der Waals surface area contributed by atoms with E-state index in [-0.39, 0.29) is 22.9 Å². The molecule has 0 radical (unpaired) electrons. The van der Waals surface area contributed by atoms with Crippen LogP contribution in [-0.2, 0) is 6.54 Å². The summed E-state index contributed by atoms with van der Waals surface area (Å²) in [6.07, 6.45) is 18.1. The van der Waals surface area contributed by atoms with E-state index in [0.717, 1.165) is 30.1 Å². The van der Waals surface area contributed by atoms with Crippen molar-refractivity contribution in [1.29, 1.82) is 0 Å². The van der Waals surface area contributed by atoms with Crippen molar-refractivity contribution < 1.29 is 9.53 Å². The number of allylic oxidation sites excluding steroid dienone is 1. The van der Waals surface area contributed by atoms with Crippen molar-refractivity contribution in [2.24, 2.45) is 0 Å². The minimum absolute atomic E-state index is 0. The molecule has 1 heterocycles. The maximum absolute atomic E-state index is 12.9. The van der Waals surface area contributed by atoms with Crippen molar-refractivity contribution in [3.05, 3.63) is 69.7 Å². The molecule has 1 N–H and O–H groups in total. The van der Waals surface area contributed by atoms with Crippen LogP contribution in [0.15, 0.2) is 53.6 Å². The first-order chi connectivity index (χ1) is 18.5. The number of nitrogens with one attached hydrogen (secondary N) is 1. The van der Waals surface area contributed by atoms with Gasteiger partial charge in [0.15, 0.2) is 0 Å². The summed E-state index contributed by atoms with van der Waals surface area (Å²) in [5.74, 6) is 1.46. The monoisotopic (exact) mass is 636 g/mol. The smallest absolute Gasteiger partial charge is 0.257 e. The number of anilines is 1. The maximum Gasteiger partial charge on any atom is 0.257 e. The molecule has 1 amide bonds. The van der Waals surface area contributed by atoms with Gasteiger partial charge in [-0.25, -0.2) is 0 Å². The molecule has 0 saturated heterocycles. The number of hydrogen-bond donors (Lipinski definition) is 1. The Kier molecular flexibility index (Phi) is 16.7. The normalized spacial score (nSPS) is 12.7. The Morgan fingerprint density at radius 1 is 0.949 bits per heavy atom. The number of carbonyl (C=O) groups excluding carboxylic acids is 1. The van der Waals surface area contributed by atoms with E-state index in [0.29, 0.717) is 22.9 Å². The van der Waals surface area contributed by atoms with Gasteiger partial charge in [0.1, 0.15) is 5.75 Å². The van der Waals surface area contributed by atoms with Gasteiger partial charge in [0.25, 0.3) is 5.91 Å². The van der Waals surface area contributed by atoms with Crippen LogP contribution in [0.4, 0.5) is 5.69 Å². The van der Waals surface area contributed by atoms with Gasteiger partial charge in [0.2, 0.25) is 0 Å². The minimum atomic E-state index is -0.216. The fraction of sp³-hybridized carbons (Fsp3) is 0.531. The summed E-state index contributed by atoms with van der Waals surface area (Å²) in [6.45, 7) is 5.89. The predicted molar refractivity (Wildman–Crippen MR) is 175 cm³/mol. The van der Waals surface area contributed by atoms with Crippen LogP contribution >= 0.6 is 40.3 Å². The third-order valence-corrected chi connectivity index (χ3v) is 8.18. The summed E-state index contributed by atoms with van der Waals surface area (Å²) in [5, 5.41) is 3.39. The summed E-state index contributed by atoms with van der Waals surface area (Å²) in [6, 6.07) is 13.3. The fourth-order valence-corrected chi connectivity index (χ4v) is 5.71. The molecule has 0 atom stereocenters. The lowest BCUT2D eigenvalue weighted by atomic mass is 10.1. The molecule has 39 heavy (non-hydrogen) atoms. The average Bonchev–Trinajstić information content (AvgIpc) is 3.31. The maximum atomic E-state index is 12.9. The highest BCUT2D eigenvalue weighted by Crippen LogP contribution is 2.27. The molecule has 216 valence electrons. The molecule has 0 bridgehead atoms. The first kappa shape index (κ1) is 33.6. The zero-order valence-electron chi connectivity index (χ0n) is 23.7. The number of thioether (sulfide) groups is 1. The molecule has 3 rings (SSSR count). The van der Waals surface area contributed by atoms with Crippen molar-refractivity contribution in [2.75, 3.05) is 17.8 Å². The van der Waals surface area contributed by atoms with E-state index >= 15 is 0 Å². The average molecular weight is 638 g/mol. The Morgan fingerprint density at radius 2 is 1.62 bits per heavy atom. The van der Waals surface area contributed by atoms with Crippen molar-refractivity contribution in [1.82, 2.24) is 4.90 Å². The van der Waals surface area contributed by atoms with Gasteiger partial charge in [-0.3, -0.25) is 4.79 Å². The Balaban J connectivity index is 0.00000533. The highest BCUT2D eigenvalue weighted by atomic mass is 79.9. The standard InChI is InChI=1S/C32H45ClN2O2S.BrH/c1-3-4-5-6-7-8-9-10-11-12-13-14-20-37-29-18-19-30(31(33)22-29)32(36)34-28-17-15-16-27(21-28)24-35-23-26(2)38-25-35;/h15-19,21-23H,3-14,20,24-25H2,1-2H3,(H,34,36);1H. The van der Waals surface area contributed by atoms with Crippen LogP contribution in [0.3, 0.4) is 0 Å². The zero-order valence-corrected chi connectivity index (χ0v) is 27.0. The second-order valence-corrected chi connectivity index (χ2v) is 11.9. The Labute approximate surface area is 256 Å². The largest absolute Gasteiger partial charge is 0.494 e. The topological polar surface area (TPSA) is 41.6 Å². The lowest BCUT2D eigenvalue weighted by Crippen LogP contribution is -2.14. The zero-order chi connectivity index (χ0) is 27.0. The molecule has 0 aromatic heterocycles. The Hall–Kier alpha value is -1.63. The second-order valence-electron chi connectivity index (χ2n) is 10.3. The van der Waals surface area contributed by atoms with Crippen LogP contribution in [-0.4, -0.2) is 23.3 Å². The molecule has 7 heteroatoms. The summed E-state index contributed by atoms with van der Waals surface area (Å²) in [4.78, 5) is 16.5. The van der Waals surface area contributed by atoms with Gasteiger partial charge in [-0.15, -0.1) is 28.7 Å². The van der Waals surface area contributed by atoms with E-state index in [1.807, 2.05) is 36.0 Å². The molecule has 2 aromatic carbocycles. The SMILES string of the molecule is Br.CCCCCCCCCCCCCCOc1ccc(C(=O)Nc2cccc(CN3C=C(C)SC3)c2)c(Cl)c1. The first-order valence-electron chi connectivity index (χ1n) is 14.4. The highest BCUT2D eigenvalue weighted by Gasteiger charge is 2.13. The second kappa shape index (κ2) is 19.4. The summed E-state index contributed by atoms with van der Waals surface area (Å²) < 4.78 is 5.89. The van der Waals surface area contributed by atoms with Crippen LogP contribution in [0, 0.1) is 0 Å². The van der Waals surface area contributed by atoms with Crippen molar-refractivity contribution in [2.45, 2.75) is 97.4 Å². The number of halogens is 2. The van der Waals surface area contributed by atoms with Crippen LogP contribution in [0.25, 0.3) is 0 Å². The number of benzene rings is 2. The predicted octanol–water partition coefficient (Wildman–Crippen LogP) is 10.6. The van der Waals surface area contributed by atoms with E-state index in [4.69, 9.17) is 16.3 Å². The van der Waals surface area contributed by atoms with E-state index in [2.05, 4.69) is 36.3 Å². The van der Waals surface area contributed by atoms with Crippen LogP contribution < -0.4 is 10.1 Å². The van der Waals surface area contributed by atoms with Gasteiger partial charge >= 0.3 is 0 Å². The van der Waals surface area contributed by atoms with E-state index in [1.165, 1.54) is 75.5 Å². The highest BCUT2D eigenvalue weighted by molar-refractivity contribution is 8.93. The Bertz CT molecular complexity index is 1030. The number of rotatable bonds is 18. The molecule has 1 aliphatic heterocycles. The number of nitrogens with zero attached hydrogens (tertiary/aromatic N) is 1. The third-order valence-electron chi connectivity index (χ3n) is 6.84. The van der Waals surface area contributed by atoms with Gasteiger partial charge < -0.3 is 15.0 Å². The molecule has 0 fully saturated rings. The van der Waals surface area contributed by atoms with Crippen LogP contribution in [0.1, 0.15) is 107 Å². The summed E-state index contributed by atoms with van der Waals surface area (Å²) >= 11 is 8.30. The van der Waals surface area contributed by atoms with Crippen LogP contribution in [0.5, 0.6) is 5.75 Å². The molecule has 4 nitrogen and oxygen atoms in total. The van der Waals surface area contributed by atoms with E-state index in [1.54, 1.807) is 12.1 Å². The number of hydrogen-bond acceptors (Lipinski definition) is 4. The van der Waals surface area contributed by atoms with Crippen molar-refractivity contribution in [3.8, 4) is 5.75 Å². The Morgan fingerprint density at radius 3 is 2.23 bits per heavy atom. The number of unbranched alkanes of at least 4 members (excludes halogenated alkanes) is 11. The first-order valence-corrected chi connectivity index (χ1v) is 15.8. The van der Waals surface area contributed by atoms with E-state index in [9.17, 15) is 4.79 Å². The van der Waals surface area contributed by atoms with Crippen molar-refractivity contribution >= 4 is 51.9 Å². The molecular formula is C32H46BrClN2O2S. The summed E-state index contributed by atoms with van der Waals surface area (Å²) in [7, 11) is 0. The molecule has 0 saturated carbocycles. The number of amides is 1. The molecule has 0 spiro atoms. The van der Waals surface area contributed by atoms with Gasteiger partial charge in [0, 0.05) is 18.4 Å². The molecule has 1 aliphatic rings. The fourth-order valence-electron chi connectivity index (χ4n) is 4.69. The number of ether oxygens (including phenoxy) is 1. The van der Waals surface area contributed by atoms with Crippen LogP contribution in [0.2, 0.25) is 5.02 Å². The molecule has 0 unspecified atom stereocenters. The lowest BCUT2D eigenvalue weighted by Gasteiger charge is -2.15. The molecular weight excluding hydrogens is 592 g/mol. The molecule has 2 aromatic rings. The van der Waals surface area contributed by atoms with Gasteiger partial charge in [-0.2, -0.15) is 0 Å². The quantitative estimate of drug-likeness (QED) is 0.165. The van der Waals surface area contributed by atoms with Gasteiger partial charge in [-0.1, -0.05) is 101 Å². The third kappa shape index (κ3) is 13.1. The minimum Gasteiger partial charge on any atom is -0.494 e. The number of carbonyl (C=O) groups is 1. The summed E-state index contributed by atoms with van der Waals surface area (Å²) in [5.41, 5.74) is 2.37. The molecule has 0 aliphatic carbocycles. The lowest BCUT2D eigenvalue weighted by molar-refractivity contribution is 0.102.